The van der Waals surface area contributed by atoms with E-state index in [2.05, 4.69) is 26.7 Å². The normalized spacial score (nSPS) is 15.1. The Morgan fingerprint density at radius 1 is 1.12 bits per heavy atom. The van der Waals surface area contributed by atoms with Gasteiger partial charge in [-0.15, -0.1) is 0 Å². The van der Waals surface area contributed by atoms with Crippen molar-refractivity contribution in [2.45, 2.75) is 13.0 Å². The second-order valence-corrected chi connectivity index (χ2v) is 3.89. The van der Waals surface area contributed by atoms with E-state index < -0.39 is 0 Å². The van der Waals surface area contributed by atoms with Crippen LogP contribution in [0, 0.1) is 0 Å². The van der Waals surface area contributed by atoms with Gasteiger partial charge in [-0.25, -0.2) is 4.98 Å². The first-order valence-corrected chi connectivity index (χ1v) is 5.56. The van der Waals surface area contributed by atoms with Crippen LogP contribution in [-0.4, -0.2) is 21.8 Å². The Hall–Kier alpha value is -1.90. The predicted octanol–water partition coefficient (Wildman–Crippen LogP) is 2.12. The second-order valence-electron chi connectivity index (χ2n) is 3.89. The maximum Gasteiger partial charge on any atom is 0.158 e. The quantitative estimate of drug-likeness (QED) is 0.710. The highest BCUT2D eigenvalue weighted by molar-refractivity contribution is 6.10. The third-order valence-electron chi connectivity index (χ3n) is 2.80. The molecule has 16 heavy (non-hydrogen) atoms. The summed E-state index contributed by atoms with van der Waals surface area (Å²) in [5.41, 5.74) is 2.17. The lowest BCUT2D eigenvalue weighted by Crippen LogP contribution is -2.10. The van der Waals surface area contributed by atoms with Crippen molar-refractivity contribution in [3.05, 3.63) is 54.1 Å². The molecule has 0 spiro atoms. The van der Waals surface area contributed by atoms with E-state index in [-0.39, 0.29) is 0 Å². The molecule has 3 nitrogen and oxygen atoms in total. The molecule has 2 aromatic rings. The van der Waals surface area contributed by atoms with Crippen LogP contribution in [-0.2, 0) is 6.54 Å². The van der Waals surface area contributed by atoms with Gasteiger partial charge in [0, 0.05) is 31.0 Å². The minimum Gasteiger partial charge on any atom is -0.330 e. The maximum atomic E-state index is 4.64. The average molecular weight is 211 g/mol. The Bertz CT molecular complexity index is 511. The maximum absolute atomic E-state index is 4.64. The smallest absolute Gasteiger partial charge is 0.158 e. The van der Waals surface area contributed by atoms with Gasteiger partial charge in [0.2, 0.25) is 0 Å². The van der Waals surface area contributed by atoms with E-state index in [1.54, 1.807) is 0 Å². The summed E-state index contributed by atoms with van der Waals surface area (Å²) in [6.45, 7) is 1.89. The molecule has 0 saturated heterocycles. The van der Waals surface area contributed by atoms with Crippen molar-refractivity contribution >= 4 is 5.71 Å². The third-order valence-corrected chi connectivity index (χ3v) is 2.80. The molecule has 0 N–H and O–H groups in total. The van der Waals surface area contributed by atoms with Crippen molar-refractivity contribution in [2.75, 3.05) is 6.54 Å². The van der Waals surface area contributed by atoms with Crippen LogP contribution in [0.4, 0.5) is 0 Å². The van der Waals surface area contributed by atoms with Crippen LogP contribution in [0.3, 0.4) is 0 Å². The fraction of sp³-hybridized carbons (Fsp3) is 0.231. The molecule has 1 aliphatic rings. The molecular formula is C13H13N3. The Morgan fingerprint density at radius 2 is 2.00 bits per heavy atom. The van der Waals surface area contributed by atoms with Crippen molar-refractivity contribution in [1.82, 2.24) is 9.55 Å². The SMILES string of the molecule is c1ccc(C2=NCCCn3ccnc32)cc1. The minimum absolute atomic E-state index is 0.883. The summed E-state index contributed by atoms with van der Waals surface area (Å²) in [6.07, 6.45) is 4.96. The zero-order valence-corrected chi connectivity index (χ0v) is 9.00. The van der Waals surface area contributed by atoms with Crippen molar-refractivity contribution in [1.29, 1.82) is 0 Å². The summed E-state index contributed by atoms with van der Waals surface area (Å²) >= 11 is 0. The molecule has 80 valence electrons. The third kappa shape index (κ3) is 1.54. The van der Waals surface area contributed by atoms with Gasteiger partial charge < -0.3 is 4.57 Å². The monoisotopic (exact) mass is 211 g/mol. The molecule has 0 aliphatic carbocycles. The van der Waals surface area contributed by atoms with E-state index in [0.717, 1.165) is 36.6 Å². The lowest BCUT2D eigenvalue weighted by molar-refractivity contribution is 0.660. The van der Waals surface area contributed by atoms with Gasteiger partial charge in [-0.1, -0.05) is 30.3 Å². The molecule has 3 rings (SSSR count). The molecule has 1 aromatic carbocycles. The van der Waals surface area contributed by atoms with E-state index in [4.69, 9.17) is 0 Å². The zero-order valence-electron chi connectivity index (χ0n) is 9.00. The van der Waals surface area contributed by atoms with Gasteiger partial charge in [0.15, 0.2) is 5.82 Å². The van der Waals surface area contributed by atoms with Crippen LogP contribution >= 0.6 is 0 Å². The lowest BCUT2D eigenvalue weighted by atomic mass is 10.1. The number of hydrogen-bond donors (Lipinski definition) is 0. The van der Waals surface area contributed by atoms with Crippen molar-refractivity contribution in [2.24, 2.45) is 4.99 Å². The van der Waals surface area contributed by atoms with Crippen LogP contribution in [0.25, 0.3) is 0 Å². The minimum atomic E-state index is 0.883. The lowest BCUT2D eigenvalue weighted by Gasteiger charge is -2.05. The zero-order chi connectivity index (χ0) is 10.8. The topological polar surface area (TPSA) is 30.2 Å². The van der Waals surface area contributed by atoms with Crippen molar-refractivity contribution in [3.8, 4) is 0 Å². The highest BCUT2D eigenvalue weighted by Gasteiger charge is 2.14. The van der Waals surface area contributed by atoms with E-state index in [9.17, 15) is 0 Å². The number of rotatable bonds is 1. The summed E-state index contributed by atoms with van der Waals surface area (Å²) in [5, 5.41) is 0. The summed E-state index contributed by atoms with van der Waals surface area (Å²) < 4.78 is 2.18. The highest BCUT2D eigenvalue weighted by atomic mass is 15.1. The first kappa shape index (κ1) is 9.33. The number of nitrogens with zero attached hydrogens (tertiary/aromatic N) is 3. The summed E-state index contributed by atoms with van der Waals surface area (Å²) in [6, 6.07) is 10.3. The van der Waals surface area contributed by atoms with Gasteiger partial charge in [-0.3, -0.25) is 4.99 Å². The van der Waals surface area contributed by atoms with E-state index >= 15 is 0 Å². The Morgan fingerprint density at radius 3 is 2.88 bits per heavy atom. The first-order valence-electron chi connectivity index (χ1n) is 5.56. The molecule has 0 bridgehead atoms. The Balaban J connectivity index is 2.12. The van der Waals surface area contributed by atoms with Crippen LogP contribution in [0.1, 0.15) is 17.8 Å². The Labute approximate surface area is 94.5 Å². The van der Waals surface area contributed by atoms with E-state index in [1.165, 1.54) is 0 Å². The summed E-state index contributed by atoms with van der Waals surface area (Å²) in [7, 11) is 0. The molecule has 1 aliphatic heterocycles. The molecule has 0 atom stereocenters. The number of fused-ring (bicyclic) bond motifs is 1. The van der Waals surface area contributed by atoms with Gasteiger partial charge in [-0.05, 0) is 6.42 Å². The second kappa shape index (κ2) is 3.93. The molecule has 2 heterocycles. The fourth-order valence-electron chi connectivity index (χ4n) is 2.03. The number of hydrogen-bond acceptors (Lipinski definition) is 2. The van der Waals surface area contributed by atoms with E-state index in [0.29, 0.717) is 0 Å². The van der Waals surface area contributed by atoms with Gasteiger partial charge in [0.05, 0.1) is 0 Å². The van der Waals surface area contributed by atoms with Gasteiger partial charge in [0.1, 0.15) is 5.71 Å². The first-order chi connectivity index (χ1) is 7.95. The van der Waals surface area contributed by atoms with Crippen LogP contribution in [0.5, 0.6) is 0 Å². The average Bonchev–Trinajstić information content (AvgIpc) is 2.70. The van der Waals surface area contributed by atoms with Gasteiger partial charge >= 0.3 is 0 Å². The number of aromatic nitrogens is 2. The van der Waals surface area contributed by atoms with Gasteiger partial charge in [0.25, 0.3) is 0 Å². The van der Waals surface area contributed by atoms with Crippen LogP contribution < -0.4 is 0 Å². The number of benzene rings is 1. The largest absolute Gasteiger partial charge is 0.330 e. The molecule has 0 fully saturated rings. The number of aliphatic imine (C=N–C) groups is 1. The Kier molecular flexibility index (Phi) is 2.29. The molecule has 1 aromatic heterocycles. The summed E-state index contributed by atoms with van der Waals surface area (Å²) in [5.74, 6) is 0.990. The predicted molar refractivity (Wildman–Crippen MR) is 63.8 cm³/mol. The van der Waals surface area contributed by atoms with Crippen molar-refractivity contribution < 1.29 is 0 Å². The summed E-state index contributed by atoms with van der Waals surface area (Å²) in [4.78, 5) is 9.05. The van der Waals surface area contributed by atoms with Crippen molar-refractivity contribution in [3.63, 3.8) is 0 Å². The molecule has 0 amide bonds. The molecule has 0 radical (unpaired) electrons. The molecule has 0 unspecified atom stereocenters. The van der Waals surface area contributed by atoms with E-state index in [1.807, 2.05) is 30.6 Å². The number of imidazole rings is 1. The molecular weight excluding hydrogens is 198 g/mol. The fourth-order valence-corrected chi connectivity index (χ4v) is 2.03. The standard InChI is InChI=1S/C13H13N3/c1-2-5-11(6-3-1)12-13-15-8-10-16(13)9-4-7-14-12/h1-3,5-6,8,10H,4,7,9H2. The molecule has 3 heteroatoms. The van der Waals surface area contributed by atoms with Crippen LogP contribution in [0.2, 0.25) is 0 Å². The van der Waals surface area contributed by atoms with Crippen LogP contribution in [0.15, 0.2) is 47.7 Å². The number of aryl methyl sites for hydroxylation is 1. The molecule has 0 saturated carbocycles. The van der Waals surface area contributed by atoms with Gasteiger partial charge in [-0.2, -0.15) is 0 Å². The highest BCUT2D eigenvalue weighted by Crippen LogP contribution is 2.13.